The van der Waals surface area contributed by atoms with E-state index in [2.05, 4.69) is 0 Å². The number of amides is 1. The molecule has 0 saturated heterocycles. The number of pyridine rings is 1. The Bertz CT molecular complexity index is 941. The second kappa shape index (κ2) is 6.42. The smallest absolute Gasteiger partial charge is 0.328 e. The summed E-state index contributed by atoms with van der Waals surface area (Å²) < 4.78 is 1.10. The Labute approximate surface area is 151 Å². The molecule has 2 aromatic rings. The fraction of sp³-hybridized carbons (Fsp3) is 0.188. The van der Waals surface area contributed by atoms with Crippen LogP contribution in [-0.4, -0.2) is 38.1 Å². The first-order valence-electron chi connectivity index (χ1n) is 7.19. The molecule has 1 aromatic heterocycles. The number of halogens is 2. The highest BCUT2D eigenvalue weighted by atomic mass is 35.5. The van der Waals surface area contributed by atoms with E-state index in [0.29, 0.717) is 15.6 Å². The number of fused-ring (bicyclic) bond motifs is 1. The summed E-state index contributed by atoms with van der Waals surface area (Å²) in [6.45, 7) is -0.0637. The number of aromatic nitrogens is 1. The third kappa shape index (κ3) is 3.08. The van der Waals surface area contributed by atoms with E-state index >= 15 is 0 Å². The van der Waals surface area contributed by atoms with Crippen molar-refractivity contribution in [3.63, 3.8) is 0 Å². The molecule has 25 heavy (non-hydrogen) atoms. The molecule has 0 aliphatic carbocycles. The predicted octanol–water partition coefficient (Wildman–Crippen LogP) is 2.14. The number of carbonyl (C=O) groups is 2. The van der Waals surface area contributed by atoms with E-state index in [1.165, 1.54) is 11.1 Å². The van der Waals surface area contributed by atoms with Gasteiger partial charge in [-0.3, -0.25) is 9.59 Å². The van der Waals surface area contributed by atoms with E-state index in [9.17, 15) is 24.6 Å². The van der Waals surface area contributed by atoms with E-state index in [4.69, 9.17) is 23.2 Å². The van der Waals surface area contributed by atoms with Gasteiger partial charge in [0.05, 0.1) is 16.6 Å². The summed E-state index contributed by atoms with van der Waals surface area (Å²) in [6, 6.07) is 4.69. The molecule has 0 bridgehead atoms. The Balaban J connectivity index is 2.03. The lowest BCUT2D eigenvalue weighted by Gasteiger charge is -2.34. The minimum Gasteiger partial charge on any atom is -0.503 e. The molecular weight excluding hydrogens is 371 g/mol. The number of aliphatic carboxylic acids is 1. The standard InChI is InChI=1S/C16H12Cl2N2O5/c17-9-2-1-8(5-10(9)18)6-19-7-11(16(24)25)20-4-3-12(21)14(22)13(20)15(19)23/h1-5,11,22H,6-7H2,(H,24,25). The molecule has 7 nitrogen and oxygen atoms in total. The van der Waals surface area contributed by atoms with Gasteiger partial charge in [-0.05, 0) is 17.7 Å². The van der Waals surface area contributed by atoms with Crippen LogP contribution in [0.3, 0.4) is 0 Å². The number of carboxylic acid groups (broad SMARTS) is 1. The van der Waals surface area contributed by atoms with Gasteiger partial charge in [-0.25, -0.2) is 4.79 Å². The summed E-state index contributed by atoms with van der Waals surface area (Å²) in [4.78, 5) is 37.1. The van der Waals surface area contributed by atoms with Gasteiger partial charge in [0.25, 0.3) is 5.91 Å². The lowest BCUT2D eigenvalue weighted by Crippen LogP contribution is -2.46. The highest BCUT2D eigenvalue weighted by Crippen LogP contribution is 2.28. The fourth-order valence-corrected chi connectivity index (χ4v) is 3.05. The maximum Gasteiger partial charge on any atom is 0.328 e. The zero-order valence-corrected chi connectivity index (χ0v) is 14.2. The van der Waals surface area contributed by atoms with Crippen LogP contribution < -0.4 is 5.43 Å². The minimum atomic E-state index is -1.18. The van der Waals surface area contributed by atoms with Crippen molar-refractivity contribution < 1.29 is 19.8 Å². The molecule has 0 fully saturated rings. The van der Waals surface area contributed by atoms with Crippen LogP contribution in [0.2, 0.25) is 10.0 Å². The number of hydrogen-bond donors (Lipinski definition) is 2. The third-order valence-electron chi connectivity index (χ3n) is 3.96. The van der Waals surface area contributed by atoms with Gasteiger partial charge in [0, 0.05) is 18.8 Å². The molecule has 9 heteroatoms. The first kappa shape index (κ1) is 17.3. The molecule has 1 amide bonds. The molecule has 130 valence electrons. The lowest BCUT2D eigenvalue weighted by molar-refractivity contribution is -0.141. The maximum atomic E-state index is 12.7. The average Bonchev–Trinajstić information content (AvgIpc) is 2.56. The van der Waals surface area contributed by atoms with Gasteiger partial charge in [-0.15, -0.1) is 0 Å². The van der Waals surface area contributed by atoms with Crippen molar-refractivity contribution in [2.75, 3.05) is 6.54 Å². The Morgan fingerprint density at radius 2 is 1.92 bits per heavy atom. The van der Waals surface area contributed by atoms with Crippen molar-refractivity contribution in [3.8, 4) is 5.75 Å². The fourth-order valence-electron chi connectivity index (χ4n) is 2.73. The predicted molar refractivity (Wildman–Crippen MR) is 90.2 cm³/mol. The number of nitrogens with zero attached hydrogens (tertiary/aromatic N) is 2. The molecule has 0 spiro atoms. The van der Waals surface area contributed by atoms with E-state index in [1.54, 1.807) is 18.2 Å². The summed E-state index contributed by atoms with van der Waals surface area (Å²) in [5, 5.41) is 20.1. The van der Waals surface area contributed by atoms with Gasteiger partial charge in [0.1, 0.15) is 6.04 Å². The summed E-state index contributed by atoms with van der Waals surface area (Å²) in [6.07, 6.45) is 1.20. The van der Waals surface area contributed by atoms with Crippen LogP contribution in [0.4, 0.5) is 0 Å². The minimum absolute atomic E-state index is 0.0576. The van der Waals surface area contributed by atoms with Crippen molar-refractivity contribution in [1.29, 1.82) is 0 Å². The Morgan fingerprint density at radius 1 is 1.20 bits per heavy atom. The summed E-state index contributed by atoms with van der Waals surface area (Å²) in [5.74, 6) is -2.59. The van der Waals surface area contributed by atoms with E-state index < -0.39 is 29.1 Å². The number of aromatic hydroxyl groups is 1. The van der Waals surface area contributed by atoms with Gasteiger partial charge in [0.2, 0.25) is 5.43 Å². The zero-order chi connectivity index (χ0) is 18.3. The molecule has 3 rings (SSSR count). The van der Waals surface area contributed by atoms with Gasteiger partial charge in [-0.2, -0.15) is 0 Å². The topological polar surface area (TPSA) is 99.8 Å². The average molecular weight is 383 g/mol. The Hall–Kier alpha value is -2.51. The van der Waals surface area contributed by atoms with Crippen molar-refractivity contribution in [2.45, 2.75) is 12.6 Å². The van der Waals surface area contributed by atoms with Crippen molar-refractivity contribution in [1.82, 2.24) is 9.47 Å². The second-order valence-corrected chi connectivity index (χ2v) is 6.39. The van der Waals surface area contributed by atoms with Crippen LogP contribution in [0.5, 0.6) is 5.75 Å². The van der Waals surface area contributed by atoms with Gasteiger partial charge in [0.15, 0.2) is 11.4 Å². The van der Waals surface area contributed by atoms with Crippen LogP contribution in [-0.2, 0) is 11.3 Å². The molecule has 2 N–H and O–H groups in total. The molecular formula is C16H12Cl2N2O5. The van der Waals surface area contributed by atoms with E-state index in [1.807, 2.05) is 0 Å². The van der Waals surface area contributed by atoms with Crippen LogP contribution in [0.1, 0.15) is 22.1 Å². The van der Waals surface area contributed by atoms with Crippen LogP contribution in [0.15, 0.2) is 35.3 Å². The van der Waals surface area contributed by atoms with Crippen molar-refractivity contribution in [2.24, 2.45) is 0 Å². The molecule has 1 aromatic carbocycles. The van der Waals surface area contributed by atoms with Crippen molar-refractivity contribution >= 4 is 35.1 Å². The number of carboxylic acids is 1. The van der Waals surface area contributed by atoms with Gasteiger partial charge >= 0.3 is 5.97 Å². The second-order valence-electron chi connectivity index (χ2n) is 5.57. The van der Waals surface area contributed by atoms with E-state index in [-0.39, 0.29) is 18.8 Å². The Morgan fingerprint density at radius 3 is 2.56 bits per heavy atom. The highest BCUT2D eigenvalue weighted by Gasteiger charge is 2.36. The molecule has 0 saturated carbocycles. The summed E-state index contributed by atoms with van der Waals surface area (Å²) in [7, 11) is 0. The van der Waals surface area contributed by atoms with Crippen LogP contribution >= 0.6 is 23.2 Å². The molecule has 1 aliphatic heterocycles. The largest absolute Gasteiger partial charge is 0.503 e. The molecule has 1 aliphatic rings. The molecule has 0 radical (unpaired) electrons. The quantitative estimate of drug-likeness (QED) is 0.846. The summed E-state index contributed by atoms with van der Waals surface area (Å²) >= 11 is 11.8. The van der Waals surface area contributed by atoms with Gasteiger partial charge in [-0.1, -0.05) is 29.3 Å². The number of carbonyl (C=O) groups excluding carboxylic acids is 1. The number of hydrogen-bond acceptors (Lipinski definition) is 4. The summed E-state index contributed by atoms with van der Waals surface area (Å²) in [5.41, 5.74) is -0.454. The lowest BCUT2D eigenvalue weighted by atomic mass is 10.1. The number of benzene rings is 1. The van der Waals surface area contributed by atoms with Crippen molar-refractivity contribution in [3.05, 3.63) is 62.0 Å². The molecule has 2 heterocycles. The first-order chi connectivity index (χ1) is 11.8. The maximum absolute atomic E-state index is 12.7. The number of rotatable bonds is 3. The Kier molecular flexibility index (Phi) is 4.45. The first-order valence-corrected chi connectivity index (χ1v) is 7.95. The normalized spacial score (nSPS) is 16.6. The monoisotopic (exact) mass is 382 g/mol. The van der Waals surface area contributed by atoms with Gasteiger partial charge < -0.3 is 19.7 Å². The molecule has 1 atom stereocenters. The highest BCUT2D eigenvalue weighted by molar-refractivity contribution is 6.42. The molecule has 1 unspecified atom stereocenters. The van der Waals surface area contributed by atoms with E-state index in [0.717, 1.165) is 10.6 Å². The van der Waals surface area contributed by atoms with Crippen LogP contribution in [0, 0.1) is 0 Å². The zero-order valence-electron chi connectivity index (χ0n) is 12.6. The SMILES string of the molecule is O=C(O)C1CN(Cc2ccc(Cl)c(Cl)c2)C(=O)c2c(O)c(=O)ccn21. The third-order valence-corrected chi connectivity index (χ3v) is 4.70. The van der Waals surface area contributed by atoms with Crippen LogP contribution in [0.25, 0.3) is 0 Å².